The van der Waals surface area contributed by atoms with E-state index < -0.39 is 0 Å². The lowest BCUT2D eigenvalue weighted by Crippen LogP contribution is -2.22. The van der Waals surface area contributed by atoms with Gasteiger partial charge < -0.3 is 5.32 Å². The fourth-order valence-electron chi connectivity index (χ4n) is 1.46. The van der Waals surface area contributed by atoms with Gasteiger partial charge in [0.1, 0.15) is 0 Å². The van der Waals surface area contributed by atoms with Gasteiger partial charge in [0.25, 0.3) is 0 Å². The zero-order valence-electron chi connectivity index (χ0n) is 10.8. The van der Waals surface area contributed by atoms with Crippen LogP contribution in [0.4, 0.5) is 0 Å². The number of nitrogens with one attached hydrogen (secondary N) is 2. The first-order valence-electron chi connectivity index (χ1n) is 5.79. The van der Waals surface area contributed by atoms with Gasteiger partial charge in [0, 0.05) is 18.5 Å². The summed E-state index contributed by atoms with van der Waals surface area (Å²) in [5.41, 5.74) is 4.17. The number of hydrogen-bond acceptors (Lipinski definition) is 3. The Balaban J connectivity index is 2.89. The van der Waals surface area contributed by atoms with E-state index in [1.54, 1.807) is 24.3 Å². The first-order chi connectivity index (χ1) is 9.08. The van der Waals surface area contributed by atoms with Crippen molar-refractivity contribution in [3.05, 3.63) is 39.9 Å². The van der Waals surface area contributed by atoms with E-state index in [-0.39, 0.29) is 12.3 Å². The predicted octanol–water partition coefficient (Wildman–Crippen LogP) is 3.01. The average molecular weight is 303 g/mol. The first-order valence-corrected chi connectivity index (χ1v) is 6.55. The molecule has 104 valence electrons. The van der Waals surface area contributed by atoms with E-state index in [9.17, 15) is 4.79 Å². The Labute approximate surface area is 122 Å². The molecule has 2 N–H and O–H groups in total. The van der Waals surface area contributed by atoms with Crippen LogP contribution < -0.4 is 10.8 Å². The van der Waals surface area contributed by atoms with Crippen LogP contribution in [-0.4, -0.2) is 19.6 Å². The summed E-state index contributed by atoms with van der Waals surface area (Å²) in [4.78, 5) is 16.3. The molecular weight excluding hydrogens is 287 g/mol. The Morgan fingerprint density at radius 2 is 2.11 bits per heavy atom. The Bertz CT molecular complexity index is 476. The summed E-state index contributed by atoms with van der Waals surface area (Å²) >= 11 is 11.8. The minimum Gasteiger partial charge on any atom is -0.356 e. The normalized spacial score (nSPS) is 11.3. The molecule has 1 amide bonds. The van der Waals surface area contributed by atoms with E-state index >= 15 is 0 Å². The molecule has 19 heavy (non-hydrogen) atoms. The van der Waals surface area contributed by atoms with Gasteiger partial charge in [-0.25, -0.2) is 0 Å². The second kappa shape index (κ2) is 8.04. The van der Waals surface area contributed by atoms with E-state index in [0.717, 1.165) is 5.56 Å². The van der Waals surface area contributed by atoms with Crippen LogP contribution in [0.25, 0.3) is 5.70 Å². The summed E-state index contributed by atoms with van der Waals surface area (Å²) in [6.07, 6.45) is 1.98. The quantitative estimate of drug-likeness (QED) is 0.794. The van der Waals surface area contributed by atoms with Crippen LogP contribution >= 0.6 is 23.2 Å². The first kappa shape index (κ1) is 15.8. The molecule has 0 aromatic heterocycles. The molecular formula is C13H16Cl2N2O2. The minimum atomic E-state index is -0.0574. The standard InChI is InChI=1S/C13H16Cl2N2O2/c1-3-16-13(18)7-6-12(17-19-2)9-4-5-10(14)11(15)8-9/h4-6,8,17H,3,7H2,1-2H3,(H,16,18). The number of benzene rings is 1. The second-order valence-electron chi connectivity index (χ2n) is 3.71. The zero-order valence-corrected chi connectivity index (χ0v) is 12.3. The maximum absolute atomic E-state index is 11.4. The highest BCUT2D eigenvalue weighted by Crippen LogP contribution is 2.25. The molecule has 1 rings (SSSR count). The van der Waals surface area contributed by atoms with Gasteiger partial charge in [-0.05, 0) is 25.1 Å². The molecule has 0 aliphatic heterocycles. The van der Waals surface area contributed by atoms with Crippen LogP contribution in [0.1, 0.15) is 18.9 Å². The van der Waals surface area contributed by atoms with Crippen molar-refractivity contribution >= 4 is 34.8 Å². The van der Waals surface area contributed by atoms with Gasteiger partial charge in [-0.15, -0.1) is 0 Å². The predicted molar refractivity (Wildman–Crippen MR) is 77.9 cm³/mol. The Hall–Kier alpha value is -1.23. The summed E-state index contributed by atoms with van der Waals surface area (Å²) in [5, 5.41) is 3.64. The number of hydroxylamine groups is 1. The number of hydrogen-bond donors (Lipinski definition) is 2. The van der Waals surface area contributed by atoms with Gasteiger partial charge in [0.05, 0.1) is 22.9 Å². The fourth-order valence-corrected chi connectivity index (χ4v) is 1.75. The Morgan fingerprint density at radius 3 is 2.68 bits per heavy atom. The highest BCUT2D eigenvalue weighted by atomic mass is 35.5. The molecule has 1 aromatic rings. The van der Waals surface area contributed by atoms with Gasteiger partial charge >= 0.3 is 0 Å². The topological polar surface area (TPSA) is 50.4 Å². The zero-order chi connectivity index (χ0) is 14.3. The highest BCUT2D eigenvalue weighted by Gasteiger charge is 2.06. The maximum Gasteiger partial charge on any atom is 0.223 e. The molecule has 4 nitrogen and oxygen atoms in total. The molecule has 0 heterocycles. The van der Waals surface area contributed by atoms with Crippen LogP contribution in [0.2, 0.25) is 10.0 Å². The molecule has 0 spiro atoms. The van der Waals surface area contributed by atoms with E-state index in [0.29, 0.717) is 22.3 Å². The van der Waals surface area contributed by atoms with Crippen molar-refractivity contribution in [2.45, 2.75) is 13.3 Å². The monoisotopic (exact) mass is 302 g/mol. The van der Waals surface area contributed by atoms with Crippen molar-refractivity contribution < 1.29 is 9.63 Å². The van der Waals surface area contributed by atoms with Gasteiger partial charge in [0.15, 0.2) is 0 Å². The lowest BCUT2D eigenvalue weighted by Gasteiger charge is -2.10. The SMILES string of the molecule is CCNC(=O)CC=C(NOC)c1ccc(Cl)c(Cl)c1. The van der Waals surface area contributed by atoms with E-state index in [2.05, 4.69) is 10.8 Å². The van der Waals surface area contributed by atoms with Crippen molar-refractivity contribution in [1.29, 1.82) is 0 Å². The maximum atomic E-state index is 11.4. The van der Waals surface area contributed by atoms with E-state index in [4.69, 9.17) is 28.0 Å². The molecule has 0 bridgehead atoms. The molecule has 0 saturated carbocycles. The van der Waals surface area contributed by atoms with Crippen molar-refractivity contribution in [1.82, 2.24) is 10.8 Å². The summed E-state index contributed by atoms with van der Waals surface area (Å²) in [6, 6.07) is 5.19. The molecule has 0 saturated heterocycles. The number of amides is 1. The molecule has 0 unspecified atom stereocenters. The Morgan fingerprint density at radius 1 is 1.37 bits per heavy atom. The van der Waals surface area contributed by atoms with E-state index in [1.165, 1.54) is 7.11 Å². The van der Waals surface area contributed by atoms with Crippen molar-refractivity contribution in [2.24, 2.45) is 0 Å². The third kappa shape index (κ3) is 5.11. The second-order valence-corrected chi connectivity index (χ2v) is 4.52. The fraction of sp³-hybridized carbons (Fsp3) is 0.308. The van der Waals surface area contributed by atoms with Crippen molar-refractivity contribution in [3.8, 4) is 0 Å². The molecule has 0 aliphatic carbocycles. The molecule has 1 aromatic carbocycles. The summed E-state index contributed by atoms with van der Waals surface area (Å²) in [5.74, 6) is -0.0574. The molecule has 0 radical (unpaired) electrons. The third-order valence-electron chi connectivity index (χ3n) is 2.31. The summed E-state index contributed by atoms with van der Waals surface area (Å²) in [6.45, 7) is 2.47. The summed E-state index contributed by atoms with van der Waals surface area (Å²) in [7, 11) is 1.50. The smallest absolute Gasteiger partial charge is 0.223 e. The lowest BCUT2D eigenvalue weighted by molar-refractivity contribution is -0.120. The minimum absolute atomic E-state index is 0.0574. The van der Waals surface area contributed by atoms with Gasteiger partial charge in [0.2, 0.25) is 5.91 Å². The number of rotatable bonds is 6. The van der Waals surface area contributed by atoms with Crippen molar-refractivity contribution in [3.63, 3.8) is 0 Å². The van der Waals surface area contributed by atoms with E-state index in [1.807, 2.05) is 6.92 Å². The Kier molecular flexibility index (Phi) is 6.70. The molecule has 0 fully saturated rings. The molecule has 0 atom stereocenters. The number of carbonyl (C=O) groups excluding carboxylic acids is 1. The molecule has 0 aliphatic rings. The largest absolute Gasteiger partial charge is 0.356 e. The third-order valence-corrected chi connectivity index (χ3v) is 3.05. The number of carbonyl (C=O) groups is 1. The van der Waals surface area contributed by atoms with Crippen LogP contribution in [0.15, 0.2) is 24.3 Å². The number of halogens is 2. The van der Waals surface area contributed by atoms with Crippen LogP contribution in [0.3, 0.4) is 0 Å². The van der Waals surface area contributed by atoms with Gasteiger partial charge in [-0.1, -0.05) is 29.3 Å². The highest BCUT2D eigenvalue weighted by molar-refractivity contribution is 6.42. The van der Waals surface area contributed by atoms with Crippen LogP contribution in [0.5, 0.6) is 0 Å². The lowest BCUT2D eigenvalue weighted by atomic mass is 10.1. The molecule has 6 heteroatoms. The average Bonchev–Trinajstić information content (AvgIpc) is 2.38. The van der Waals surface area contributed by atoms with Gasteiger partial charge in [-0.3, -0.25) is 15.1 Å². The van der Waals surface area contributed by atoms with Gasteiger partial charge in [-0.2, -0.15) is 0 Å². The van der Waals surface area contributed by atoms with Crippen molar-refractivity contribution in [2.75, 3.05) is 13.7 Å². The van der Waals surface area contributed by atoms with Crippen LogP contribution in [-0.2, 0) is 9.63 Å². The van der Waals surface area contributed by atoms with Crippen LogP contribution in [0, 0.1) is 0 Å². The summed E-state index contributed by atoms with van der Waals surface area (Å²) < 4.78 is 0.